The van der Waals surface area contributed by atoms with Crippen molar-refractivity contribution in [3.63, 3.8) is 0 Å². The summed E-state index contributed by atoms with van der Waals surface area (Å²) in [5.41, 5.74) is 3.73. The average Bonchev–Trinajstić information content (AvgIpc) is 3.28. The fourth-order valence-corrected chi connectivity index (χ4v) is 4.83. The first kappa shape index (κ1) is 17.2. The van der Waals surface area contributed by atoms with Gasteiger partial charge in [0.2, 0.25) is 11.8 Å². The molecule has 1 aromatic heterocycles. The van der Waals surface area contributed by atoms with Crippen LogP contribution in [0.3, 0.4) is 0 Å². The Morgan fingerprint density at radius 1 is 1.38 bits per heavy atom. The van der Waals surface area contributed by atoms with Crippen molar-refractivity contribution in [1.29, 1.82) is 0 Å². The maximum Gasteiger partial charge on any atom is 0.227 e. The number of thiazole rings is 1. The molecule has 3 heterocycles. The number of nitrogens with zero attached hydrogens (tertiary/aromatic N) is 2. The molecule has 1 aromatic carbocycles. The molecule has 1 fully saturated rings. The molecule has 26 heavy (non-hydrogen) atoms. The first-order valence-electron chi connectivity index (χ1n) is 8.84. The van der Waals surface area contributed by atoms with E-state index in [0.717, 1.165) is 41.3 Å². The molecule has 1 atom stereocenters. The van der Waals surface area contributed by atoms with E-state index in [4.69, 9.17) is 4.98 Å². The molecule has 0 aliphatic carbocycles. The maximum absolute atomic E-state index is 11.9. The number of hydrogen-bond donors (Lipinski definition) is 2. The summed E-state index contributed by atoms with van der Waals surface area (Å²) in [4.78, 5) is 30.1. The van der Waals surface area contributed by atoms with Gasteiger partial charge in [-0.2, -0.15) is 0 Å². The number of rotatable bonds is 3. The van der Waals surface area contributed by atoms with E-state index < -0.39 is 5.54 Å². The average molecular weight is 370 g/mol. The molecule has 0 spiro atoms. The Kier molecular flexibility index (Phi) is 4.28. The predicted octanol–water partition coefficient (Wildman–Crippen LogP) is 2.04. The molecule has 2 aromatic rings. The Morgan fingerprint density at radius 3 is 2.96 bits per heavy atom. The van der Waals surface area contributed by atoms with E-state index in [-0.39, 0.29) is 11.8 Å². The van der Waals surface area contributed by atoms with E-state index in [1.54, 1.807) is 23.2 Å². The van der Waals surface area contributed by atoms with Gasteiger partial charge in [-0.05, 0) is 37.1 Å². The molecule has 2 aliphatic rings. The second kappa shape index (κ2) is 6.48. The molecule has 0 saturated carbocycles. The van der Waals surface area contributed by atoms with Gasteiger partial charge in [-0.15, -0.1) is 11.3 Å². The Bertz CT molecular complexity index is 870. The zero-order valence-electron chi connectivity index (χ0n) is 15.0. The van der Waals surface area contributed by atoms with Gasteiger partial charge in [0.05, 0.1) is 5.69 Å². The maximum atomic E-state index is 11.9. The van der Waals surface area contributed by atoms with Crippen molar-refractivity contribution in [3.8, 4) is 11.3 Å². The molecule has 0 bridgehead atoms. The van der Waals surface area contributed by atoms with Crippen LogP contribution in [0.2, 0.25) is 0 Å². The third-order valence-corrected chi connectivity index (χ3v) is 6.25. The van der Waals surface area contributed by atoms with E-state index in [2.05, 4.69) is 22.1 Å². The van der Waals surface area contributed by atoms with Gasteiger partial charge >= 0.3 is 0 Å². The lowest BCUT2D eigenvalue weighted by Gasteiger charge is -2.27. The highest BCUT2D eigenvalue weighted by Gasteiger charge is 2.39. The second-order valence-corrected chi connectivity index (χ2v) is 7.88. The Hall–Kier alpha value is -2.25. The Balaban J connectivity index is 1.66. The molecule has 1 saturated heterocycles. The van der Waals surface area contributed by atoms with Crippen molar-refractivity contribution in [3.05, 3.63) is 34.2 Å². The topological polar surface area (TPSA) is 74.3 Å². The van der Waals surface area contributed by atoms with Crippen LogP contribution in [-0.2, 0) is 21.5 Å². The van der Waals surface area contributed by atoms with E-state index in [9.17, 15) is 9.59 Å². The molecular formula is C19H22N4O2S. The number of anilines is 1. The van der Waals surface area contributed by atoms with Crippen molar-refractivity contribution < 1.29 is 9.59 Å². The fourth-order valence-electron chi connectivity index (χ4n) is 3.81. The summed E-state index contributed by atoms with van der Waals surface area (Å²) in [5.74, 6) is 0.124. The van der Waals surface area contributed by atoms with E-state index >= 15 is 0 Å². The smallest absolute Gasteiger partial charge is 0.227 e. The number of carbonyl (C=O) groups is 2. The molecule has 7 heteroatoms. The minimum absolute atomic E-state index is 0.0352. The van der Waals surface area contributed by atoms with Crippen LogP contribution in [-0.4, -0.2) is 36.9 Å². The monoisotopic (exact) mass is 370 g/mol. The van der Waals surface area contributed by atoms with Gasteiger partial charge in [0, 0.05) is 43.6 Å². The van der Waals surface area contributed by atoms with Crippen molar-refractivity contribution >= 4 is 28.8 Å². The van der Waals surface area contributed by atoms with Crippen LogP contribution in [0.15, 0.2) is 23.6 Å². The summed E-state index contributed by atoms with van der Waals surface area (Å²) in [5, 5.41) is 9.42. The van der Waals surface area contributed by atoms with Crippen molar-refractivity contribution in [2.24, 2.45) is 0 Å². The molecule has 4 rings (SSSR count). The van der Waals surface area contributed by atoms with Crippen molar-refractivity contribution in [1.82, 2.24) is 15.6 Å². The first-order chi connectivity index (χ1) is 12.5. The van der Waals surface area contributed by atoms with Gasteiger partial charge in [0.15, 0.2) is 0 Å². The molecule has 0 radical (unpaired) electrons. The summed E-state index contributed by atoms with van der Waals surface area (Å²) >= 11 is 1.59. The van der Waals surface area contributed by atoms with Gasteiger partial charge in [-0.25, -0.2) is 4.98 Å². The van der Waals surface area contributed by atoms with Crippen LogP contribution in [0.4, 0.5) is 5.69 Å². The molecule has 1 unspecified atom stereocenters. The summed E-state index contributed by atoms with van der Waals surface area (Å²) in [7, 11) is 1.82. The highest BCUT2D eigenvalue weighted by Crippen LogP contribution is 2.35. The number of fused-ring (bicyclic) bond motifs is 1. The number of aryl methyl sites for hydroxylation is 1. The van der Waals surface area contributed by atoms with Gasteiger partial charge in [0.1, 0.15) is 10.5 Å². The zero-order chi connectivity index (χ0) is 18.3. The van der Waals surface area contributed by atoms with Gasteiger partial charge in [-0.3, -0.25) is 9.59 Å². The molecule has 2 N–H and O–H groups in total. The SMILES string of the molecule is CC(=O)NC1(c2nc(-c3ccc4c(c3)CCC(=O)N4C)cs2)CCNC1. The number of hydrogen-bond acceptors (Lipinski definition) is 5. The van der Waals surface area contributed by atoms with Crippen molar-refractivity contribution in [2.75, 3.05) is 25.0 Å². The highest BCUT2D eigenvalue weighted by molar-refractivity contribution is 7.10. The van der Waals surface area contributed by atoms with Crippen LogP contribution < -0.4 is 15.5 Å². The second-order valence-electron chi connectivity index (χ2n) is 7.02. The Labute approximate surface area is 156 Å². The summed E-state index contributed by atoms with van der Waals surface area (Å²) in [6.45, 7) is 3.13. The third kappa shape index (κ3) is 2.91. The van der Waals surface area contributed by atoms with Crippen LogP contribution >= 0.6 is 11.3 Å². The molecule has 2 aliphatic heterocycles. The standard InChI is InChI=1S/C19H22N4O2S/c1-12(24)22-19(7-8-20-11-19)18-21-15(10-26-18)13-3-5-16-14(9-13)4-6-17(25)23(16)2/h3,5,9-10,20H,4,6-8,11H2,1-2H3,(H,22,24). The summed E-state index contributed by atoms with van der Waals surface area (Å²) in [6, 6.07) is 6.15. The molecule has 2 amide bonds. The predicted molar refractivity (Wildman–Crippen MR) is 102 cm³/mol. The van der Waals surface area contributed by atoms with Crippen LogP contribution in [0.5, 0.6) is 0 Å². The van der Waals surface area contributed by atoms with Gasteiger partial charge in [-0.1, -0.05) is 6.07 Å². The molecular weight excluding hydrogens is 348 g/mol. The number of carbonyl (C=O) groups excluding carboxylic acids is 2. The van der Waals surface area contributed by atoms with Crippen LogP contribution in [0, 0.1) is 0 Å². The third-order valence-electron chi connectivity index (χ3n) is 5.20. The number of benzene rings is 1. The normalized spacial score (nSPS) is 22.4. The van der Waals surface area contributed by atoms with E-state index in [1.165, 1.54) is 5.56 Å². The van der Waals surface area contributed by atoms with Crippen molar-refractivity contribution in [2.45, 2.75) is 31.7 Å². The number of nitrogens with one attached hydrogen (secondary N) is 2. The minimum atomic E-state index is -0.407. The first-order valence-corrected chi connectivity index (χ1v) is 9.72. The fraction of sp³-hybridized carbons (Fsp3) is 0.421. The molecule has 136 valence electrons. The van der Waals surface area contributed by atoms with Crippen LogP contribution in [0.25, 0.3) is 11.3 Å². The van der Waals surface area contributed by atoms with E-state index in [0.29, 0.717) is 13.0 Å². The van der Waals surface area contributed by atoms with E-state index in [1.807, 2.05) is 19.2 Å². The number of amides is 2. The largest absolute Gasteiger partial charge is 0.343 e. The highest BCUT2D eigenvalue weighted by atomic mass is 32.1. The number of aromatic nitrogens is 1. The van der Waals surface area contributed by atoms with Gasteiger partial charge < -0.3 is 15.5 Å². The summed E-state index contributed by atoms with van der Waals surface area (Å²) in [6.07, 6.45) is 2.16. The van der Waals surface area contributed by atoms with Crippen LogP contribution in [0.1, 0.15) is 30.3 Å². The zero-order valence-corrected chi connectivity index (χ0v) is 15.8. The quantitative estimate of drug-likeness (QED) is 0.867. The Morgan fingerprint density at radius 2 is 2.23 bits per heavy atom. The minimum Gasteiger partial charge on any atom is -0.343 e. The summed E-state index contributed by atoms with van der Waals surface area (Å²) < 4.78 is 0. The lowest BCUT2D eigenvalue weighted by atomic mass is 9.98. The molecule has 6 nitrogen and oxygen atoms in total. The lowest BCUT2D eigenvalue weighted by molar-refractivity contribution is -0.121. The lowest BCUT2D eigenvalue weighted by Crippen LogP contribution is -2.46. The van der Waals surface area contributed by atoms with Gasteiger partial charge in [0.25, 0.3) is 0 Å².